The largest absolute Gasteiger partial charge is 0.343 e. The molecule has 0 saturated heterocycles. The molecule has 3 rings (SSSR count). The first-order valence-electron chi connectivity index (χ1n) is 8.41. The normalized spacial score (nSPS) is 10.6. The molecule has 0 aliphatic carbocycles. The highest BCUT2D eigenvalue weighted by Crippen LogP contribution is 2.18. The molecule has 0 unspecified atom stereocenters. The van der Waals surface area contributed by atoms with Crippen molar-refractivity contribution < 1.29 is 14.4 Å². The first kappa shape index (κ1) is 19.3. The summed E-state index contributed by atoms with van der Waals surface area (Å²) >= 11 is 5.79. The molecule has 28 heavy (non-hydrogen) atoms. The van der Waals surface area contributed by atoms with E-state index in [1.165, 1.54) is 0 Å². The van der Waals surface area contributed by atoms with Gasteiger partial charge in [-0.1, -0.05) is 41.9 Å². The predicted octanol–water partition coefficient (Wildman–Crippen LogP) is 5.38. The molecule has 3 aromatic carbocycles. The van der Waals surface area contributed by atoms with Crippen LogP contribution in [0.25, 0.3) is 0 Å². The summed E-state index contributed by atoms with van der Waals surface area (Å²) in [4.78, 5) is 28.8. The Kier molecular flexibility index (Phi) is 6.49. The molecule has 140 valence electrons. The molecule has 0 heterocycles. The monoisotopic (exact) mass is 393 g/mol. The van der Waals surface area contributed by atoms with Crippen LogP contribution in [-0.4, -0.2) is 11.9 Å². The third-order valence-electron chi connectivity index (χ3n) is 3.69. The second-order valence-corrected chi connectivity index (χ2v) is 6.23. The smallest absolute Gasteiger partial charge is 0.336 e. The van der Waals surface area contributed by atoms with Gasteiger partial charge in [0.15, 0.2) is 0 Å². The number of nitrogens with zero attached hydrogens (tertiary/aromatic N) is 2. The number of anilines is 1. The molecule has 1 N–H and O–H groups in total. The molecule has 0 aromatic heterocycles. The number of hydrogen-bond donors (Lipinski definition) is 1. The molecule has 0 bridgehead atoms. The lowest BCUT2D eigenvalue weighted by atomic mass is 10.2. The van der Waals surface area contributed by atoms with Gasteiger partial charge in [-0.25, -0.2) is 10.3 Å². The second-order valence-electron chi connectivity index (χ2n) is 5.80. The number of carbonyl (C=O) groups excluding carboxylic acids is 2. The van der Waals surface area contributed by atoms with Gasteiger partial charge in [-0.2, -0.15) is 0 Å². The summed E-state index contributed by atoms with van der Waals surface area (Å²) in [6.45, 7) is 0. The highest BCUT2D eigenvalue weighted by molar-refractivity contribution is 6.30. The zero-order valence-electron chi connectivity index (χ0n) is 14.7. The average Bonchev–Trinajstić information content (AvgIpc) is 2.72. The van der Waals surface area contributed by atoms with Gasteiger partial charge in [0.1, 0.15) is 0 Å². The second kappa shape index (κ2) is 9.43. The van der Waals surface area contributed by atoms with Crippen LogP contribution in [0, 0.1) is 0 Å². The third-order valence-corrected chi connectivity index (χ3v) is 3.94. The van der Waals surface area contributed by atoms with E-state index in [0.29, 0.717) is 22.0 Å². The van der Waals surface area contributed by atoms with Crippen LogP contribution in [0.2, 0.25) is 5.02 Å². The van der Waals surface area contributed by atoms with Crippen molar-refractivity contribution in [2.75, 3.05) is 5.48 Å². The van der Waals surface area contributed by atoms with Gasteiger partial charge in [0.2, 0.25) is 0 Å². The van der Waals surface area contributed by atoms with Gasteiger partial charge in [-0.05, 0) is 54.1 Å². The van der Waals surface area contributed by atoms with Crippen LogP contribution in [-0.2, 0) is 16.1 Å². The fourth-order valence-electron chi connectivity index (χ4n) is 2.26. The fourth-order valence-corrected chi connectivity index (χ4v) is 2.39. The Hall–Kier alpha value is -3.51. The van der Waals surface area contributed by atoms with Gasteiger partial charge >= 0.3 is 5.97 Å². The first-order valence-corrected chi connectivity index (χ1v) is 8.79. The quantitative estimate of drug-likeness (QED) is 0.450. The highest BCUT2D eigenvalue weighted by Gasteiger charge is 2.06. The van der Waals surface area contributed by atoms with Crippen molar-refractivity contribution in [3.05, 3.63) is 95.0 Å². The zero-order chi connectivity index (χ0) is 19.8. The number of hydrogen-bond acceptors (Lipinski definition) is 5. The topological polar surface area (TPSA) is 80.1 Å². The van der Waals surface area contributed by atoms with E-state index < -0.39 is 11.9 Å². The molecule has 0 radical (unpaired) electrons. The molecule has 0 fully saturated rings. The lowest BCUT2D eigenvalue weighted by Crippen LogP contribution is -2.12. The number of amides is 1. The molecule has 0 saturated carbocycles. The van der Waals surface area contributed by atoms with Crippen LogP contribution >= 0.6 is 11.6 Å². The standard InChI is InChI=1S/C21H16ClN3O3/c22-17-8-6-16(7-9-17)21(27)24-23-18-10-12-19(13-11-18)25-28-20(26)14-15-4-2-1-3-5-15/h1-13,25H,14H2. The van der Waals surface area contributed by atoms with E-state index in [4.69, 9.17) is 16.4 Å². The number of benzene rings is 3. The maximum atomic E-state index is 12.0. The van der Waals surface area contributed by atoms with Crippen LogP contribution in [0.15, 0.2) is 89.1 Å². The summed E-state index contributed by atoms with van der Waals surface area (Å²) in [7, 11) is 0. The van der Waals surface area contributed by atoms with Crippen LogP contribution in [0.4, 0.5) is 11.4 Å². The van der Waals surface area contributed by atoms with E-state index in [2.05, 4.69) is 15.7 Å². The zero-order valence-corrected chi connectivity index (χ0v) is 15.5. The number of halogens is 1. The van der Waals surface area contributed by atoms with Crippen molar-refractivity contribution in [2.45, 2.75) is 6.42 Å². The predicted molar refractivity (Wildman–Crippen MR) is 107 cm³/mol. The maximum absolute atomic E-state index is 12.0. The van der Waals surface area contributed by atoms with E-state index in [1.54, 1.807) is 48.5 Å². The van der Waals surface area contributed by atoms with E-state index in [0.717, 1.165) is 5.56 Å². The fraction of sp³-hybridized carbons (Fsp3) is 0.0476. The minimum absolute atomic E-state index is 0.174. The van der Waals surface area contributed by atoms with Gasteiger partial charge in [0.05, 0.1) is 17.8 Å². The van der Waals surface area contributed by atoms with Crippen LogP contribution < -0.4 is 5.48 Å². The molecular weight excluding hydrogens is 378 g/mol. The van der Waals surface area contributed by atoms with Crippen molar-refractivity contribution in [2.24, 2.45) is 10.2 Å². The van der Waals surface area contributed by atoms with Crippen molar-refractivity contribution in [3.63, 3.8) is 0 Å². The van der Waals surface area contributed by atoms with Crippen LogP contribution in [0.5, 0.6) is 0 Å². The first-order chi connectivity index (χ1) is 13.6. The molecule has 0 atom stereocenters. The summed E-state index contributed by atoms with van der Waals surface area (Å²) in [5, 5.41) is 8.13. The Morgan fingerprint density at radius 1 is 0.893 bits per heavy atom. The molecule has 3 aromatic rings. The summed E-state index contributed by atoms with van der Waals surface area (Å²) in [6.07, 6.45) is 0.174. The lowest BCUT2D eigenvalue weighted by molar-refractivity contribution is -0.139. The minimum atomic E-state index is -0.464. The molecular formula is C21H16ClN3O3. The lowest BCUT2D eigenvalue weighted by Gasteiger charge is -2.07. The summed E-state index contributed by atoms with van der Waals surface area (Å²) in [5.41, 5.74) is 4.92. The summed E-state index contributed by atoms with van der Waals surface area (Å²) < 4.78 is 0. The molecule has 1 amide bonds. The third kappa shape index (κ3) is 5.75. The van der Waals surface area contributed by atoms with Crippen molar-refractivity contribution in [3.8, 4) is 0 Å². The van der Waals surface area contributed by atoms with E-state index >= 15 is 0 Å². The van der Waals surface area contributed by atoms with Crippen molar-refractivity contribution in [1.82, 2.24) is 0 Å². The molecule has 7 heteroatoms. The molecule has 6 nitrogen and oxygen atoms in total. The van der Waals surface area contributed by atoms with Gasteiger partial charge in [-0.3, -0.25) is 4.79 Å². The maximum Gasteiger partial charge on any atom is 0.336 e. The van der Waals surface area contributed by atoms with Crippen LogP contribution in [0.3, 0.4) is 0 Å². The molecule has 0 aliphatic rings. The Bertz CT molecular complexity index is 972. The average molecular weight is 394 g/mol. The van der Waals surface area contributed by atoms with Gasteiger partial charge < -0.3 is 4.84 Å². The summed E-state index contributed by atoms with van der Waals surface area (Å²) in [5.74, 6) is -0.864. The van der Waals surface area contributed by atoms with Crippen molar-refractivity contribution in [1.29, 1.82) is 0 Å². The Balaban J connectivity index is 1.51. The number of rotatable bonds is 6. The van der Waals surface area contributed by atoms with E-state index in [9.17, 15) is 9.59 Å². The summed E-state index contributed by atoms with van der Waals surface area (Å²) in [6, 6.07) is 22.3. The Morgan fingerprint density at radius 3 is 2.25 bits per heavy atom. The van der Waals surface area contributed by atoms with Crippen LogP contribution in [0.1, 0.15) is 15.9 Å². The van der Waals surface area contributed by atoms with Gasteiger partial charge in [0.25, 0.3) is 5.91 Å². The van der Waals surface area contributed by atoms with Gasteiger partial charge in [0, 0.05) is 10.6 Å². The molecule has 0 spiro atoms. The van der Waals surface area contributed by atoms with E-state index in [-0.39, 0.29) is 6.42 Å². The van der Waals surface area contributed by atoms with E-state index in [1.807, 2.05) is 30.3 Å². The Morgan fingerprint density at radius 2 is 1.57 bits per heavy atom. The molecule has 0 aliphatic heterocycles. The number of azo groups is 1. The number of carbonyl (C=O) groups is 2. The van der Waals surface area contributed by atoms with Gasteiger partial charge in [-0.15, -0.1) is 10.2 Å². The minimum Gasteiger partial charge on any atom is -0.343 e. The SMILES string of the molecule is O=C(Cc1ccccc1)ONc1ccc(N=NC(=O)c2ccc(Cl)cc2)cc1. The van der Waals surface area contributed by atoms with Crippen molar-refractivity contribution >= 4 is 34.9 Å². The highest BCUT2D eigenvalue weighted by atomic mass is 35.5. The number of nitrogens with one attached hydrogen (secondary N) is 1. The Labute approximate surface area is 166 Å².